The molecular weight excluding hydrogens is 583 g/mol. The summed E-state index contributed by atoms with van der Waals surface area (Å²) in [6.07, 6.45) is 6.17. The van der Waals surface area contributed by atoms with Gasteiger partial charge in [-0.15, -0.1) is 0 Å². The second kappa shape index (κ2) is 12.5. The zero-order valence-corrected chi connectivity index (χ0v) is 24.9. The van der Waals surface area contributed by atoms with Crippen molar-refractivity contribution in [2.45, 2.75) is 56.1 Å². The van der Waals surface area contributed by atoms with Crippen LogP contribution in [0.5, 0.6) is 0 Å². The van der Waals surface area contributed by atoms with Gasteiger partial charge in [0.15, 0.2) is 0 Å². The lowest BCUT2D eigenvalue weighted by Gasteiger charge is -2.49. The third kappa shape index (κ3) is 6.59. The second-order valence-corrected chi connectivity index (χ2v) is 13.2. The number of hydrogen-bond acceptors (Lipinski definition) is 5. The third-order valence-electron chi connectivity index (χ3n) is 7.80. The monoisotopic (exact) mass is 614 g/mol. The van der Waals surface area contributed by atoms with E-state index in [1.54, 1.807) is 47.5 Å². The number of aromatic nitrogens is 1. The first-order valence-electron chi connectivity index (χ1n) is 13.7. The minimum absolute atomic E-state index is 0.259. The Bertz CT molecular complexity index is 1540. The van der Waals surface area contributed by atoms with Crippen LogP contribution in [0.2, 0.25) is 10.0 Å². The predicted molar refractivity (Wildman–Crippen MR) is 160 cm³/mol. The molecule has 2 heterocycles. The second-order valence-electron chi connectivity index (χ2n) is 10.6. The highest BCUT2D eigenvalue weighted by Crippen LogP contribution is 2.47. The summed E-state index contributed by atoms with van der Waals surface area (Å²) in [7, 11) is -3.55. The van der Waals surface area contributed by atoms with Gasteiger partial charge in [-0.1, -0.05) is 66.4 Å². The van der Waals surface area contributed by atoms with Gasteiger partial charge in [-0.3, -0.25) is 14.6 Å². The largest absolute Gasteiger partial charge is 0.355 e. The predicted octanol–water partition coefficient (Wildman–Crippen LogP) is 4.89. The molecule has 41 heavy (non-hydrogen) atoms. The van der Waals surface area contributed by atoms with E-state index in [4.69, 9.17) is 23.2 Å². The van der Waals surface area contributed by atoms with Crippen molar-refractivity contribution in [3.8, 4) is 0 Å². The number of nitrogens with one attached hydrogen (secondary N) is 2. The normalized spacial score (nSPS) is 22.7. The molecule has 1 unspecified atom stereocenters. The highest BCUT2D eigenvalue weighted by Gasteiger charge is 2.49. The number of fused-ring (bicyclic) bond motifs is 1. The number of benzene rings is 2. The van der Waals surface area contributed by atoms with Crippen LogP contribution in [0.3, 0.4) is 0 Å². The molecule has 2 aliphatic rings. The summed E-state index contributed by atoms with van der Waals surface area (Å²) < 4.78 is 27.4. The van der Waals surface area contributed by atoms with Crippen molar-refractivity contribution >= 4 is 45.0 Å². The summed E-state index contributed by atoms with van der Waals surface area (Å²) >= 11 is 13.0. The molecule has 0 saturated heterocycles. The van der Waals surface area contributed by atoms with Gasteiger partial charge in [0.05, 0.1) is 18.2 Å². The number of carbonyl (C=O) groups excluding carboxylic acids is 2. The lowest BCUT2D eigenvalue weighted by atomic mass is 9.76. The number of carbonyl (C=O) groups is 2. The van der Waals surface area contributed by atoms with Crippen molar-refractivity contribution in [3.63, 3.8) is 0 Å². The van der Waals surface area contributed by atoms with Gasteiger partial charge < -0.3 is 10.2 Å². The number of hydrogen-bond donors (Lipinski definition) is 2. The summed E-state index contributed by atoms with van der Waals surface area (Å²) in [5.41, 5.74) is 2.45. The van der Waals surface area contributed by atoms with E-state index in [2.05, 4.69) is 15.0 Å². The standard InChI is InChI=1S/C30H32Cl2N4O4S/c1-41(39,40)35-25-11-4-5-12-26(25)36-28(23-14-13-19(31)18-24(23)32)27(21-9-2-3-10-22(21)30(36)38)29(37)34-17-15-20-8-6-7-16-33-20/h2-3,6-10,13-14,16,18,25-28,35H,4-5,11-12,15,17H2,1H3,(H,34,37)/t25?,26-,27+,28-/m0/s1. The van der Waals surface area contributed by atoms with Gasteiger partial charge in [-0.25, -0.2) is 13.1 Å². The van der Waals surface area contributed by atoms with Gasteiger partial charge in [0.25, 0.3) is 5.91 Å². The molecule has 3 aromatic rings. The van der Waals surface area contributed by atoms with Crippen molar-refractivity contribution in [1.82, 2.24) is 19.9 Å². The lowest BCUT2D eigenvalue weighted by molar-refractivity contribution is -0.124. The number of sulfonamides is 1. The Kier molecular flexibility index (Phi) is 8.99. The molecule has 0 bridgehead atoms. The van der Waals surface area contributed by atoms with Crippen LogP contribution >= 0.6 is 23.2 Å². The maximum atomic E-state index is 14.3. The Morgan fingerprint density at radius 1 is 1.02 bits per heavy atom. The molecule has 1 aromatic heterocycles. The molecule has 1 aliphatic heterocycles. The smallest absolute Gasteiger partial charge is 0.255 e. The summed E-state index contributed by atoms with van der Waals surface area (Å²) in [6.45, 7) is 0.352. The average molecular weight is 616 g/mol. The number of nitrogens with zero attached hydrogens (tertiary/aromatic N) is 2. The number of rotatable bonds is 8. The highest BCUT2D eigenvalue weighted by molar-refractivity contribution is 7.88. The molecule has 0 radical (unpaired) electrons. The summed E-state index contributed by atoms with van der Waals surface area (Å²) in [6, 6.07) is 16.0. The van der Waals surface area contributed by atoms with Crippen LogP contribution in [-0.4, -0.2) is 55.0 Å². The van der Waals surface area contributed by atoms with Gasteiger partial charge in [0.1, 0.15) is 0 Å². The SMILES string of the molecule is CS(=O)(=O)NC1CCCC[C@@H]1N1C(=O)c2ccccc2[C@@H](C(=O)NCCc2ccccn2)[C@@H]1c1ccc(Cl)cc1Cl. The molecule has 2 amide bonds. The zero-order valence-electron chi connectivity index (χ0n) is 22.6. The van der Waals surface area contributed by atoms with Crippen molar-refractivity contribution in [2.75, 3.05) is 12.8 Å². The molecule has 5 rings (SSSR count). The minimum atomic E-state index is -3.55. The molecule has 1 saturated carbocycles. The van der Waals surface area contributed by atoms with E-state index in [9.17, 15) is 18.0 Å². The molecule has 4 atom stereocenters. The zero-order chi connectivity index (χ0) is 29.1. The van der Waals surface area contributed by atoms with E-state index in [1.165, 1.54) is 0 Å². The van der Waals surface area contributed by atoms with E-state index in [1.807, 2.05) is 24.3 Å². The minimum Gasteiger partial charge on any atom is -0.355 e. The Labute approximate surface area is 250 Å². The number of pyridine rings is 1. The average Bonchev–Trinajstić information content (AvgIpc) is 2.93. The fourth-order valence-corrected chi connectivity index (χ4v) is 7.44. The van der Waals surface area contributed by atoms with Crippen LogP contribution < -0.4 is 10.0 Å². The van der Waals surface area contributed by atoms with E-state index in [0.717, 1.165) is 24.8 Å². The molecule has 2 N–H and O–H groups in total. The molecule has 2 aromatic carbocycles. The van der Waals surface area contributed by atoms with Crippen molar-refractivity contribution < 1.29 is 18.0 Å². The van der Waals surface area contributed by atoms with Crippen LogP contribution in [0, 0.1) is 0 Å². The summed E-state index contributed by atoms with van der Waals surface area (Å²) in [5, 5.41) is 3.82. The number of amides is 2. The lowest BCUT2D eigenvalue weighted by Crippen LogP contribution is -2.59. The Morgan fingerprint density at radius 3 is 2.51 bits per heavy atom. The Hall–Kier alpha value is -2.98. The molecule has 8 nitrogen and oxygen atoms in total. The van der Waals surface area contributed by atoms with Gasteiger partial charge in [-0.05, 0) is 54.3 Å². The van der Waals surface area contributed by atoms with E-state index >= 15 is 0 Å². The quantitative estimate of drug-likeness (QED) is 0.375. The van der Waals surface area contributed by atoms with Crippen molar-refractivity contribution in [1.29, 1.82) is 0 Å². The molecule has 1 aliphatic carbocycles. The van der Waals surface area contributed by atoms with Gasteiger partial charge in [-0.2, -0.15) is 0 Å². The Balaban J connectivity index is 1.60. The van der Waals surface area contributed by atoms with E-state index in [-0.39, 0.29) is 11.8 Å². The third-order valence-corrected chi connectivity index (χ3v) is 9.09. The maximum Gasteiger partial charge on any atom is 0.255 e. The van der Waals surface area contributed by atoms with Crippen molar-refractivity contribution in [2.24, 2.45) is 0 Å². The number of halogens is 2. The first-order valence-corrected chi connectivity index (χ1v) is 16.3. The van der Waals surface area contributed by atoms with E-state index in [0.29, 0.717) is 52.5 Å². The topological polar surface area (TPSA) is 108 Å². The van der Waals surface area contributed by atoms with E-state index < -0.39 is 34.1 Å². The van der Waals surface area contributed by atoms with Crippen LogP contribution in [-0.2, 0) is 21.2 Å². The fraction of sp³-hybridized carbons (Fsp3) is 0.367. The fourth-order valence-electron chi connectivity index (χ4n) is 6.10. The van der Waals surface area contributed by atoms with Crippen LogP contribution in [0.4, 0.5) is 0 Å². The summed E-state index contributed by atoms with van der Waals surface area (Å²) in [4.78, 5) is 34.4. The summed E-state index contributed by atoms with van der Waals surface area (Å²) in [5.74, 6) is -1.32. The van der Waals surface area contributed by atoms with Crippen molar-refractivity contribution in [3.05, 3.63) is 99.3 Å². The van der Waals surface area contributed by atoms with Crippen LogP contribution in [0.25, 0.3) is 0 Å². The highest BCUT2D eigenvalue weighted by atomic mass is 35.5. The van der Waals surface area contributed by atoms with Gasteiger partial charge >= 0.3 is 0 Å². The van der Waals surface area contributed by atoms with Crippen LogP contribution in [0.15, 0.2) is 66.9 Å². The molecular formula is C30H32Cl2N4O4S. The molecule has 216 valence electrons. The first-order chi connectivity index (χ1) is 19.6. The Morgan fingerprint density at radius 2 is 1.78 bits per heavy atom. The maximum absolute atomic E-state index is 14.3. The van der Waals surface area contributed by atoms with Gasteiger partial charge in [0.2, 0.25) is 15.9 Å². The molecule has 0 spiro atoms. The molecule has 11 heteroatoms. The van der Waals surface area contributed by atoms with Crippen LogP contribution in [0.1, 0.15) is 64.8 Å². The first kappa shape index (κ1) is 29.5. The van der Waals surface area contributed by atoms with Gasteiger partial charge in [0, 0.05) is 52.5 Å². The molecule has 1 fully saturated rings.